The molecule has 0 bridgehead atoms. The molecule has 11 rings (SSSR count). The molecule has 1 aromatic heterocycles. The van der Waals surface area contributed by atoms with Crippen LogP contribution < -0.4 is 4.90 Å². The van der Waals surface area contributed by atoms with E-state index in [1.165, 1.54) is 83.1 Å². The van der Waals surface area contributed by atoms with Gasteiger partial charge in [-0.15, -0.1) is 0 Å². The number of nitrogens with zero attached hydrogens (tertiary/aromatic N) is 2. The van der Waals surface area contributed by atoms with Crippen LogP contribution in [0.25, 0.3) is 72.0 Å². The van der Waals surface area contributed by atoms with Gasteiger partial charge in [0.05, 0.1) is 16.7 Å². The van der Waals surface area contributed by atoms with E-state index in [0.717, 1.165) is 17.1 Å². The van der Waals surface area contributed by atoms with Gasteiger partial charge in [-0.05, 0) is 105 Å². The van der Waals surface area contributed by atoms with Crippen molar-refractivity contribution in [3.63, 3.8) is 0 Å². The number of benzene rings is 9. The lowest BCUT2D eigenvalue weighted by atomic mass is 9.79. The summed E-state index contributed by atoms with van der Waals surface area (Å²) in [5.74, 6) is 0. The van der Waals surface area contributed by atoms with Crippen LogP contribution in [-0.2, 0) is 5.41 Å². The minimum Gasteiger partial charge on any atom is -0.310 e. The van der Waals surface area contributed by atoms with Crippen molar-refractivity contribution in [3.05, 3.63) is 230 Å². The van der Waals surface area contributed by atoms with Crippen molar-refractivity contribution in [1.82, 2.24) is 4.57 Å². The van der Waals surface area contributed by atoms with Gasteiger partial charge in [-0.3, -0.25) is 0 Å². The Morgan fingerprint density at radius 2 is 0.881 bits per heavy atom. The fourth-order valence-corrected chi connectivity index (χ4v) is 9.58. The van der Waals surface area contributed by atoms with Crippen molar-refractivity contribution in [2.24, 2.45) is 0 Å². The van der Waals surface area contributed by atoms with Crippen LogP contribution in [0, 0.1) is 0 Å². The van der Waals surface area contributed by atoms with Crippen LogP contribution in [0.5, 0.6) is 0 Å². The Morgan fingerprint density at radius 1 is 0.373 bits per heavy atom. The van der Waals surface area contributed by atoms with Gasteiger partial charge in [-0.25, -0.2) is 0 Å². The number of hydrogen-bond donors (Lipinski definition) is 0. The van der Waals surface area contributed by atoms with Crippen molar-refractivity contribution in [3.8, 4) is 50.2 Å². The monoisotopic (exact) mass is 754 g/mol. The minimum atomic E-state index is -0.250. The lowest BCUT2D eigenvalue weighted by molar-refractivity contribution is 0.661. The van der Waals surface area contributed by atoms with E-state index in [1.807, 2.05) is 0 Å². The third-order valence-corrected chi connectivity index (χ3v) is 12.4. The Labute approximate surface area is 345 Å². The van der Waals surface area contributed by atoms with E-state index < -0.39 is 0 Å². The molecular weight excluding hydrogens is 713 g/mol. The molecule has 2 heteroatoms. The van der Waals surface area contributed by atoms with Crippen LogP contribution in [0.3, 0.4) is 0 Å². The molecule has 0 aliphatic heterocycles. The predicted octanol–water partition coefficient (Wildman–Crippen LogP) is 15.6. The number of anilines is 3. The molecule has 2 nitrogen and oxygen atoms in total. The molecule has 0 radical (unpaired) electrons. The quantitative estimate of drug-likeness (QED) is 0.157. The minimum absolute atomic E-state index is 0.250. The van der Waals surface area contributed by atoms with E-state index >= 15 is 0 Å². The first kappa shape index (κ1) is 34.8. The molecule has 0 unspecified atom stereocenters. The van der Waals surface area contributed by atoms with Gasteiger partial charge in [-0.1, -0.05) is 178 Å². The van der Waals surface area contributed by atoms with E-state index in [0.29, 0.717) is 0 Å². The zero-order valence-corrected chi connectivity index (χ0v) is 33.2. The number of hydrogen-bond acceptors (Lipinski definition) is 1. The molecule has 9 aromatic carbocycles. The molecule has 10 aromatic rings. The summed E-state index contributed by atoms with van der Waals surface area (Å²) in [5.41, 5.74) is 19.3. The zero-order valence-electron chi connectivity index (χ0n) is 33.2. The van der Waals surface area contributed by atoms with Gasteiger partial charge in [0.1, 0.15) is 0 Å². The number of fused-ring (bicyclic) bond motifs is 6. The topological polar surface area (TPSA) is 8.17 Å². The van der Waals surface area contributed by atoms with Gasteiger partial charge in [0.25, 0.3) is 0 Å². The van der Waals surface area contributed by atoms with E-state index in [2.05, 4.69) is 242 Å². The van der Waals surface area contributed by atoms with Crippen LogP contribution in [0.1, 0.15) is 25.0 Å². The van der Waals surface area contributed by atoms with Crippen LogP contribution in [0.2, 0.25) is 0 Å². The standard InChI is InChI=1S/C57H42N2/c1-57(2)52-24-14-12-22-48(52)50-36-35-47(56(55(50)57)58(44-20-10-5-11-21-44)45-31-26-41(27-32-45)39-16-6-3-7-17-39)43-30-37-54-51(38-43)49-23-13-15-25-53(49)59(54)46-33-28-42(29-34-46)40-18-8-4-9-19-40/h3-38H,1-2H3. The van der Waals surface area contributed by atoms with E-state index in [9.17, 15) is 0 Å². The third kappa shape index (κ3) is 5.71. The Hall–Kier alpha value is -7.42. The normalized spacial score (nSPS) is 12.7. The van der Waals surface area contributed by atoms with Gasteiger partial charge in [-0.2, -0.15) is 0 Å². The maximum Gasteiger partial charge on any atom is 0.0587 e. The van der Waals surface area contributed by atoms with Crippen LogP contribution in [-0.4, -0.2) is 4.57 Å². The predicted molar refractivity (Wildman–Crippen MR) is 249 cm³/mol. The second-order valence-corrected chi connectivity index (χ2v) is 16.1. The molecule has 1 aliphatic rings. The Bertz CT molecular complexity index is 3140. The molecular formula is C57H42N2. The third-order valence-electron chi connectivity index (χ3n) is 12.4. The summed E-state index contributed by atoms with van der Waals surface area (Å²) in [7, 11) is 0. The lowest BCUT2D eigenvalue weighted by Gasteiger charge is -2.34. The molecule has 0 saturated carbocycles. The fourth-order valence-electron chi connectivity index (χ4n) is 9.58. The van der Waals surface area contributed by atoms with Crippen molar-refractivity contribution in [1.29, 1.82) is 0 Å². The average Bonchev–Trinajstić information content (AvgIpc) is 3.75. The summed E-state index contributed by atoms with van der Waals surface area (Å²) in [6.07, 6.45) is 0. The van der Waals surface area contributed by atoms with Crippen molar-refractivity contribution >= 4 is 38.9 Å². The first-order chi connectivity index (χ1) is 29.0. The Morgan fingerprint density at radius 3 is 1.58 bits per heavy atom. The lowest BCUT2D eigenvalue weighted by Crippen LogP contribution is -2.21. The summed E-state index contributed by atoms with van der Waals surface area (Å²) in [6, 6.07) is 79.8. The maximum absolute atomic E-state index is 2.50. The molecule has 0 spiro atoms. The second-order valence-electron chi connectivity index (χ2n) is 16.1. The van der Waals surface area contributed by atoms with Crippen LogP contribution >= 0.6 is 0 Å². The van der Waals surface area contributed by atoms with Crippen molar-refractivity contribution in [2.45, 2.75) is 19.3 Å². The first-order valence-electron chi connectivity index (χ1n) is 20.5. The summed E-state index contributed by atoms with van der Waals surface area (Å²) in [4.78, 5) is 2.50. The molecule has 1 heterocycles. The molecule has 0 fully saturated rings. The largest absolute Gasteiger partial charge is 0.310 e. The van der Waals surface area contributed by atoms with Crippen LogP contribution in [0.4, 0.5) is 17.1 Å². The maximum atomic E-state index is 2.50. The molecule has 0 atom stereocenters. The zero-order chi connectivity index (χ0) is 39.5. The summed E-state index contributed by atoms with van der Waals surface area (Å²) in [6.45, 7) is 4.79. The van der Waals surface area contributed by atoms with Crippen LogP contribution in [0.15, 0.2) is 218 Å². The number of rotatable bonds is 7. The number of para-hydroxylation sites is 2. The van der Waals surface area contributed by atoms with Gasteiger partial charge >= 0.3 is 0 Å². The Kier molecular flexibility index (Phi) is 8.20. The highest BCUT2D eigenvalue weighted by molar-refractivity contribution is 6.11. The fraction of sp³-hybridized carbons (Fsp3) is 0.0526. The van der Waals surface area contributed by atoms with Crippen molar-refractivity contribution in [2.75, 3.05) is 4.90 Å². The second kappa shape index (κ2) is 13.9. The molecule has 0 saturated heterocycles. The van der Waals surface area contributed by atoms with Crippen molar-refractivity contribution < 1.29 is 0 Å². The highest BCUT2D eigenvalue weighted by Crippen LogP contribution is 2.57. The molecule has 59 heavy (non-hydrogen) atoms. The van der Waals surface area contributed by atoms with E-state index in [1.54, 1.807) is 0 Å². The SMILES string of the molecule is CC1(C)c2ccccc2-c2ccc(-c3ccc4c(c3)c3ccccc3n4-c3ccc(-c4ccccc4)cc3)c(N(c3ccccc3)c3ccc(-c4ccccc4)cc3)c21. The first-order valence-corrected chi connectivity index (χ1v) is 20.5. The highest BCUT2D eigenvalue weighted by atomic mass is 15.1. The number of aromatic nitrogens is 1. The average molecular weight is 755 g/mol. The molecule has 280 valence electrons. The Balaban J connectivity index is 1.14. The molecule has 0 amide bonds. The summed E-state index contributed by atoms with van der Waals surface area (Å²) >= 11 is 0. The summed E-state index contributed by atoms with van der Waals surface area (Å²) < 4.78 is 2.41. The molecule has 0 N–H and O–H groups in total. The van der Waals surface area contributed by atoms with E-state index in [-0.39, 0.29) is 5.41 Å². The van der Waals surface area contributed by atoms with Gasteiger partial charge in [0.2, 0.25) is 0 Å². The van der Waals surface area contributed by atoms with E-state index in [4.69, 9.17) is 0 Å². The highest BCUT2D eigenvalue weighted by Gasteiger charge is 2.40. The smallest absolute Gasteiger partial charge is 0.0587 e. The summed E-state index contributed by atoms with van der Waals surface area (Å²) in [5, 5.41) is 2.47. The van der Waals surface area contributed by atoms with Gasteiger partial charge in [0.15, 0.2) is 0 Å². The van der Waals surface area contributed by atoms with Gasteiger partial charge in [0, 0.05) is 38.8 Å². The molecule has 1 aliphatic carbocycles. The van der Waals surface area contributed by atoms with Gasteiger partial charge < -0.3 is 9.47 Å².